The second-order valence-electron chi connectivity index (χ2n) is 7.11. The molecule has 2 atom stereocenters. The van der Waals surface area contributed by atoms with Gasteiger partial charge >= 0.3 is 0 Å². The zero-order valence-electron chi connectivity index (χ0n) is 17.8. The molecule has 1 aromatic carbocycles. The Bertz CT molecular complexity index is 1060. The highest BCUT2D eigenvalue weighted by atomic mass is 32.2. The van der Waals surface area contributed by atoms with Gasteiger partial charge in [0.05, 0.1) is 24.3 Å². The molecule has 1 fully saturated rings. The van der Waals surface area contributed by atoms with E-state index in [1.54, 1.807) is 31.4 Å². The fraction of sp³-hybridized carbons (Fsp3) is 0.364. The number of anilines is 1. The summed E-state index contributed by atoms with van der Waals surface area (Å²) in [5.41, 5.74) is 7.53. The number of carbonyl (C=O) groups excluding carboxylic acids is 1. The Morgan fingerprint density at radius 2 is 2.00 bits per heavy atom. The molecule has 0 spiro atoms. The molecule has 1 aliphatic rings. The molecule has 2 aromatic rings. The lowest BCUT2D eigenvalue weighted by atomic mass is 10.0. The second kappa shape index (κ2) is 11.1. The van der Waals surface area contributed by atoms with Crippen LogP contribution in [0.4, 0.5) is 5.82 Å². The van der Waals surface area contributed by atoms with Crippen molar-refractivity contribution in [1.82, 2.24) is 4.98 Å². The van der Waals surface area contributed by atoms with Crippen LogP contribution in [0.1, 0.15) is 40.8 Å². The fourth-order valence-electron chi connectivity index (χ4n) is 3.61. The first-order valence-corrected chi connectivity index (χ1v) is 10.7. The number of nitrogens with two attached hydrogens (primary N) is 1. The van der Waals surface area contributed by atoms with E-state index in [4.69, 9.17) is 10.5 Å². The monoisotopic (exact) mass is 471 g/mol. The number of benzene rings is 1. The summed E-state index contributed by atoms with van der Waals surface area (Å²) in [5.74, 6) is 0.506. The quantitative estimate of drug-likeness (QED) is 0.588. The van der Waals surface area contributed by atoms with Crippen molar-refractivity contribution in [3.8, 4) is 17.9 Å². The topological polar surface area (TPSA) is 136 Å². The van der Waals surface area contributed by atoms with Crippen molar-refractivity contribution in [3.05, 3.63) is 46.5 Å². The molecule has 3 rings (SSSR count). The van der Waals surface area contributed by atoms with Gasteiger partial charge < -0.3 is 20.5 Å². The number of hydrogen-bond acceptors (Lipinski definition) is 8. The predicted octanol–water partition coefficient (Wildman–Crippen LogP) is 2.40. The molecule has 2 heterocycles. The lowest BCUT2D eigenvalue weighted by molar-refractivity contribution is -0.117. The number of hydrogen-bond donors (Lipinski definition) is 2. The van der Waals surface area contributed by atoms with Crippen molar-refractivity contribution in [2.45, 2.75) is 36.1 Å². The molecule has 0 saturated carbocycles. The number of aliphatic hydroxyl groups excluding tert-OH is 1. The number of nitriles is 2. The number of rotatable bonds is 7. The number of pyridine rings is 1. The summed E-state index contributed by atoms with van der Waals surface area (Å²) < 4.78 is 5.17. The van der Waals surface area contributed by atoms with Crippen molar-refractivity contribution >= 4 is 37.0 Å². The van der Waals surface area contributed by atoms with E-state index in [0.717, 1.165) is 11.8 Å². The van der Waals surface area contributed by atoms with Gasteiger partial charge in [-0.05, 0) is 36.1 Å². The molecule has 1 unspecified atom stereocenters. The van der Waals surface area contributed by atoms with E-state index in [-0.39, 0.29) is 19.1 Å². The van der Waals surface area contributed by atoms with Gasteiger partial charge in [-0.25, -0.2) is 4.98 Å². The van der Waals surface area contributed by atoms with E-state index < -0.39 is 17.3 Å². The number of ether oxygens (including phenoxy) is 1. The average Bonchev–Trinajstić information content (AvgIpc) is 3.22. The first-order valence-electron chi connectivity index (χ1n) is 9.83. The minimum atomic E-state index is -0.778. The van der Waals surface area contributed by atoms with Gasteiger partial charge in [0.2, 0.25) is 5.91 Å². The van der Waals surface area contributed by atoms with Crippen molar-refractivity contribution < 1.29 is 14.6 Å². The van der Waals surface area contributed by atoms with Crippen LogP contribution < -0.4 is 15.4 Å². The number of β-amino-alcohol motifs (C(OH)–C–C–N with tert-alkyl or cyclic N) is 1. The summed E-state index contributed by atoms with van der Waals surface area (Å²) in [5, 5.41) is 29.1. The molecule has 0 bridgehead atoms. The summed E-state index contributed by atoms with van der Waals surface area (Å²) in [7, 11) is 1.55. The molecule has 168 valence electrons. The highest BCUT2D eigenvalue weighted by Gasteiger charge is 2.30. The zero-order valence-corrected chi connectivity index (χ0v) is 19.6. The number of amides is 1. The molecule has 32 heavy (non-hydrogen) atoms. The van der Waals surface area contributed by atoms with Crippen LogP contribution in [-0.4, -0.2) is 42.3 Å². The van der Waals surface area contributed by atoms with Crippen LogP contribution in [0, 0.1) is 22.7 Å². The molecule has 0 aliphatic carbocycles. The van der Waals surface area contributed by atoms with E-state index in [0.29, 0.717) is 59.2 Å². The van der Waals surface area contributed by atoms with Gasteiger partial charge in [0.15, 0.2) is 0 Å². The third kappa shape index (κ3) is 5.10. The highest BCUT2D eigenvalue weighted by molar-refractivity contribution is 8.00. The molecule has 3 N–H and O–H groups in total. The summed E-state index contributed by atoms with van der Waals surface area (Å²) >= 11 is 1.09. The van der Waals surface area contributed by atoms with E-state index in [1.165, 1.54) is 0 Å². The minimum absolute atomic E-state index is 0. The third-order valence-electron chi connectivity index (χ3n) is 5.19. The lowest BCUT2D eigenvalue weighted by Crippen LogP contribution is -2.25. The van der Waals surface area contributed by atoms with Gasteiger partial charge in [-0.3, -0.25) is 4.79 Å². The standard InChI is InChI=1S/C22H23N5O3S.H2S/c1-3-16-17(10-23)21(27-9-8-14(28)12-27)26-22(18(16)11-24)31-19(20(25)29)13-4-6-15(30-2)7-5-13;/h4-7,14,19,28H,3,8-9,12H2,1-2H3,(H2,25,29);1H2/t14-,19?;/m0./s1. The van der Waals surface area contributed by atoms with Crippen LogP contribution in [-0.2, 0) is 11.2 Å². The SMILES string of the molecule is CCc1c(C#N)c(SC(C(N)=O)c2ccc(OC)cc2)nc(N2CC[C@H](O)C2)c1C#N.S. The van der Waals surface area contributed by atoms with E-state index in [9.17, 15) is 20.4 Å². The van der Waals surface area contributed by atoms with E-state index in [1.807, 2.05) is 11.8 Å². The van der Waals surface area contributed by atoms with Crippen LogP contribution in [0.2, 0.25) is 0 Å². The number of carbonyl (C=O) groups is 1. The Balaban J connectivity index is 0.00000363. The molecule has 0 radical (unpaired) electrons. The van der Waals surface area contributed by atoms with Crippen molar-refractivity contribution in [2.75, 3.05) is 25.1 Å². The van der Waals surface area contributed by atoms with Crippen LogP contribution in [0.25, 0.3) is 0 Å². The van der Waals surface area contributed by atoms with Crippen LogP contribution in [0.3, 0.4) is 0 Å². The normalized spacial score (nSPS) is 15.9. The third-order valence-corrected chi connectivity index (χ3v) is 6.45. The average molecular weight is 472 g/mol. The first kappa shape index (κ1) is 25.3. The number of primary amides is 1. The maximum atomic E-state index is 12.3. The Morgan fingerprint density at radius 1 is 1.34 bits per heavy atom. The molecule has 1 amide bonds. The molecule has 1 aromatic heterocycles. The molecular weight excluding hydrogens is 446 g/mol. The van der Waals surface area contributed by atoms with Crippen molar-refractivity contribution in [3.63, 3.8) is 0 Å². The van der Waals surface area contributed by atoms with Crippen molar-refractivity contribution in [2.24, 2.45) is 5.73 Å². The smallest absolute Gasteiger partial charge is 0.235 e. The van der Waals surface area contributed by atoms with E-state index in [2.05, 4.69) is 17.1 Å². The first-order chi connectivity index (χ1) is 14.9. The Kier molecular flexibility index (Phi) is 8.79. The molecular formula is C22H25N5O3S2. The van der Waals surface area contributed by atoms with Gasteiger partial charge in [-0.1, -0.05) is 30.8 Å². The Labute approximate surface area is 198 Å². The Hall–Kier alpha value is -2.92. The number of thioether (sulfide) groups is 1. The largest absolute Gasteiger partial charge is 0.497 e. The van der Waals surface area contributed by atoms with Crippen molar-refractivity contribution in [1.29, 1.82) is 10.5 Å². The van der Waals surface area contributed by atoms with E-state index >= 15 is 0 Å². The molecule has 1 saturated heterocycles. The summed E-state index contributed by atoms with van der Waals surface area (Å²) in [6, 6.07) is 11.3. The number of methoxy groups -OCH3 is 1. The highest BCUT2D eigenvalue weighted by Crippen LogP contribution is 2.40. The van der Waals surface area contributed by atoms with Gasteiger partial charge in [-0.15, -0.1) is 0 Å². The zero-order chi connectivity index (χ0) is 22.5. The second-order valence-corrected chi connectivity index (χ2v) is 8.20. The fourth-order valence-corrected chi connectivity index (χ4v) is 4.67. The van der Waals surface area contributed by atoms with Gasteiger partial charge in [0.25, 0.3) is 0 Å². The predicted molar refractivity (Wildman–Crippen MR) is 127 cm³/mol. The summed E-state index contributed by atoms with van der Waals surface area (Å²) in [4.78, 5) is 18.8. The van der Waals surface area contributed by atoms with Crippen LogP contribution >= 0.6 is 25.3 Å². The number of aliphatic hydroxyl groups is 1. The van der Waals surface area contributed by atoms with Gasteiger partial charge in [0.1, 0.15) is 34.0 Å². The number of aromatic nitrogens is 1. The molecule has 10 heteroatoms. The van der Waals surface area contributed by atoms with Crippen LogP contribution in [0.5, 0.6) is 5.75 Å². The maximum Gasteiger partial charge on any atom is 0.235 e. The maximum absolute atomic E-state index is 12.3. The molecule has 8 nitrogen and oxygen atoms in total. The van der Waals surface area contributed by atoms with Gasteiger partial charge in [-0.2, -0.15) is 24.0 Å². The van der Waals surface area contributed by atoms with Gasteiger partial charge in [0, 0.05) is 13.1 Å². The Morgan fingerprint density at radius 3 is 2.47 bits per heavy atom. The summed E-state index contributed by atoms with van der Waals surface area (Å²) in [6.45, 7) is 2.78. The molecule has 1 aliphatic heterocycles. The minimum Gasteiger partial charge on any atom is -0.497 e. The van der Waals surface area contributed by atoms with Crippen LogP contribution in [0.15, 0.2) is 29.3 Å². The lowest BCUT2D eigenvalue weighted by Gasteiger charge is -2.22. The summed E-state index contributed by atoms with van der Waals surface area (Å²) in [6.07, 6.45) is 0.532. The number of nitrogens with zero attached hydrogens (tertiary/aromatic N) is 4.